The number of hydrogen-bond acceptors (Lipinski definition) is 2. The Labute approximate surface area is 101 Å². The van der Waals surface area contributed by atoms with Crippen molar-refractivity contribution in [2.45, 2.75) is 25.3 Å². The van der Waals surface area contributed by atoms with E-state index in [4.69, 9.17) is 0 Å². The molecule has 2 atom stereocenters. The Kier molecular flexibility index (Phi) is 3.77. The van der Waals surface area contributed by atoms with Crippen molar-refractivity contribution in [3.05, 3.63) is 42.2 Å². The molecule has 1 aliphatic rings. The molecule has 0 bridgehead atoms. The van der Waals surface area contributed by atoms with Crippen LogP contribution in [-0.2, 0) is 0 Å². The van der Waals surface area contributed by atoms with E-state index >= 15 is 0 Å². The van der Waals surface area contributed by atoms with Gasteiger partial charge in [0, 0.05) is 0 Å². The molecule has 0 amide bonds. The number of hydrogen-bond donors (Lipinski definition) is 1. The molecule has 17 heavy (non-hydrogen) atoms. The first-order valence-electron chi connectivity index (χ1n) is 5.87. The molecule has 0 aliphatic heterocycles. The van der Waals surface area contributed by atoms with Crippen molar-refractivity contribution >= 4 is 5.69 Å². The van der Waals surface area contributed by atoms with Gasteiger partial charge in [-0.2, -0.15) is 5.26 Å². The molecule has 0 heterocycles. The van der Waals surface area contributed by atoms with Crippen LogP contribution >= 0.6 is 0 Å². The summed E-state index contributed by atoms with van der Waals surface area (Å²) in [5.74, 6) is -0.0382. The molecule has 3 heteroatoms. The number of nitrogens with zero attached hydrogens (tertiary/aromatic N) is 1. The third-order valence-corrected chi connectivity index (χ3v) is 3.10. The maximum absolute atomic E-state index is 13.5. The lowest BCUT2D eigenvalue weighted by Gasteiger charge is -2.24. The Morgan fingerprint density at radius 1 is 1.35 bits per heavy atom. The number of nitrogens with one attached hydrogen (secondary N) is 1. The standard InChI is InChI=1S/C14H15FN2/c15-12-8-4-5-9-13(12)17-14(10-16)11-6-2-1-3-7-11/h1-2,4-5,8-9,11,14,17H,3,6-7H2. The molecular formula is C14H15FN2. The second kappa shape index (κ2) is 5.49. The number of rotatable bonds is 3. The highest BCUT2D eigenvalue weighted by molar-refractivity contribution is 5.46. The lowest BCUT2D eigenvalue weighted by molar-refractivity contribution is 0.456. The second-order valence-electron chi connectivity index (χ2n) is 4.28. The minimum absolute atomic E-state index is 0.268. The van der Waals surface area contributed by atoms with Gasteiger partial charge in [-0.15, -0.1) is 0 Å². The zero-order valence-electron chi connectivity index (χ0n) is 9.57. The number of anilines is 1. The van der Waals surface area contributed by atoms with Crippen LogP contribution < -0.4 is 5.32 Å². The van der Waals surface area contributed by atoms with Gasteiger partial charge in [0.25, 0.3) is 0 Å². The fraction of sp³-hybridized carbons (Fsp3) is 0.357. The van der Waals surface area contributed by atoms with Crippen LogP contribution in [0.25, 0.3) is 0 Å². The summed E-state index contributed by atoms with van der Waals surface area (Å²) in [7, 11) is 0. The van der Waals surface area contributed by atoms with Crippen molar-refractivity contribution in [1.82, 2.24) is 0 Å². The summed E-state index contributed by atoms with van der Waals surface area (Å²) in [4.78, 5) is 0. The van der Waals surface area contributed by atoms with E-state index in [-0.39, 0.29) is 17.8 Å². The Morgan fingerprint density at radius 2 is 2.18 bits per heavy atom. The quantitative estimate of drug-likeness (QED) is 0.807. The van der Waals surface area contributed by atoms with Crippen molar-refractivity contribution < 1.29 is 4.39 Å². The lowest BCUT2D eigenvalue weighted by atomic mass is 9.88. The molecule has 0 saturated heterocycles. The van der Waals surface area contributed by atoms with Gasteiger partial charge in [-0.25, -0.2) is 4.39 Å². The summed E-state index contributed by atoms with van der Waals surface area (Å²) >= 11 is 0. The Balaban J connectivity index is 2.08. The minimum Gasteiger partial charge on any atom is -0.367 e. The van der Waals surface area contributed by atoms with E-state index in [0.29, 0.717) is 5.69 Å². The van der Waals surface area contributed by atoms with Crippen molar-refractivity contribution in [1.29, 1.82) is 5.26 Å². The van der Waals surface area contributed by atoms with Crippen LogP contribution in [0.4, 0.5) is 10.1 Å². The molecule has 0 aromatic heterocycles. The average molecular weight is 230 g/mol. The van der Waals surface area contributed by atoms with Crippen LogP contribution in [0.1, 0.15) is 19.3 Å². The van der Waals surface area contributed by atoms with Crippen LogP contribution in [0.15, 0.2) is 36.4 Å². The number of benzene rings is 1. The van der Waals surface area contributed by atoms with Crippen LogP contribution in [0.2, 0.25) is 0 Å². The van der Waals surface area contributed by atoms with E-state index in [9.17, 15) is 9.65 Å². The van der Waals surface area contributed by atoms with Crippen molar-refractivity contribution in [2.24, 2.45) is 5.92 Å². The average Bonchev–Trinajstić information content (AvgIpc) is 2.39. The minimum atomic E-state index is -0.322. The van der Waals surface area contributed by atoms with E-state index in [1.807, 2.05) is 0 Å². The van der Waals surface area contributed by atoms with E-state index in [1.54, 1.807) is 18.2 Å². The van der Waals surface area contributed by atoms with Gasteiger partial charge in [-0.1, -0.05) is 24.3 Å². The third kappa shape index (κ3) is 2.85. The Hall–Kier alpha value is -1.82. The van der Waals surface area contributed by atoms with Crippen molar-refractivity contribution in [3.8, 4) is 6.07 Å². The van der Waals surface area contributed by atoms with Gasteiger partial charge in [-0.3, -0.25) is 0 Å². The summed E-state index contributed by atoms with van der Waals surface area (Å²) in [6.07, 6.45) is 7.10. The summed E-state index contributed by atoms with van der Waals surface area (Å²) in [6.45, 7) is 0. The summed E-state index contributed by atoms with van der Waals surface area (Å²) in [6, 6.07) is 8.39. The molecule has 0 spiro atoms. The number of nitriles is 1. The van der Waals surface area contributed by atoms with Gasteiger partial charge in [-0.05, 0) is 37.3 Å². The largest absolute Gasteiger partial charge is 0.367 e. The fourth-order valence-corrected chi connectivity index (χ4v) is 2.12. The summed E-state index contributed by atoms with van der Waals surface area (Å²) in [5, 5.41) is 12.2. The number of halogens is 1. The topological polar surface area (TPSA) is 35.8 Å². The summed E-state index contributed by atoms with van der Waals surface area (Å²) in [5.41, 5.74) is 0.411. The van der Waals surface area contributed by atoms with Crippen LogP contribution in [0.5, 0.6) is 0 Å². The fourth-order valence-electron chi connectivity index (χ4n) is 2.12. The normalized spacial score (nSPS) is 20.6. The van der Waals surface area contributed by atoms with Gasteiger partial charge in [0.2, 0.25) is 0 Å². The Bertz CT molecular complexity index is 448. The highest BCUT2D eigenvalue weighted by Crippen LogP contribution is 2.24. The molecule has 1 N–H and O–H groups in total. The predicted octanol–water partition coefficient (Wildman–Crippen LogP) is 3.49. The van der Waals surface area contributed by atoms with Crippen LogP contribution in [0.3, 0.4) is 0 Å². The zero-order chi connectivity index (χ0) is 12.1. The molecule has 1 aromatic rings. The molecule has 1 aliphatic carbocycles. The maximum Gasteiger partial charge on any atom is 0.146 e. The van der Waals surface area contributed by atoms with Gasteiger partial charge in [0.15, 0.2) is 0 Å². The number of allylic oxidation sites excluding steroid dienone is 2. The van der Waals surface area contributed by atoms with E-state index < -0.39 is 0 Å². The second-order valence-corrected chi connectivity index (χ2v) is 4.28. The Morgan fingerprint density at radius 3 is 2.82 bits per heavy atom. The summed E-state index contributed by atoms with van der Waals surface area (Å²) < 4.78 is 13.5. The molecule has 2 unspecified atom stereocenters. The third-order valence-electron chi connectivity index (χ3n) is 3.10. The highest BCUT2D eigenvalue weighted by Gasteiger charge is 2.22. The van der Waals surface area contributed by atoms with Crippen molar-refractivity contribution in [3.63, 3.8) is 0 Å². The molecule has 2 rings (SSSR count). The van der Waals surface area contributed by atoms with Crippen LogP contribution in [0, 0.1) is 23.1 Å². The molecular weight excluding hydrogens is 215 g/mol. The maximum atomic E-state index is 13.5. The van der Waals surface area contributed by atoms with Gasteiger partial charge in [0.05, 0.1) is 11.8 Å². The molecule has 0 radical (unpaired) electrons. The van der Waals surface area contributed by atoms with Crippen molar-refractivity contribution in [2.75, 3.05) is 5.32 Å². The number of para-hydroxylation sites is 1. The van der Waals surface area contributed by atoms with Gasteiger partial charge < -0.3 is 5.32 Å². The zero-order valence-corrected chi connectivity index (χ0v) is 9.57. The first kappa shape index (κ1) is 11.7. The molecule has 2 nitrogen and oxygen atoms in total. The van der Waals surface area contributed by atoms with E-state index in [0.717, 1.165) is 19.3 Å². The van der Waals surface area contributed by atoms with E-state index in [1.165, 1.54) is 6.07 Å². The van der Waals surface area contributed by atoms with E-state index in [2.05, 4.69) is 23.5 Å². The molecule has 1 aromatic carbocycles. The predicted molar refractivity (Wildman–Crippen MR) is 65.9 cm³/mol. The SMILES string of the molecule is N#CC(Nc1ccccc1F)C1CC=CCC1. The molecule has 0 fully saturated rings. The molecule has 88 valence electrons. The van der Waals surface area contributed by atoms with Gasteiger partial charge >= 0.3 is 0 Å². The highest BCUT2D eigenvalue weighted by atomic mass is 19.1. The first-order chi connectivity index (χ1) is 8.31. The van der Waals surface area contributed by atoms with Crippen LogP contribution in [-0.4, -0.2) is 6.04 Å². The smallest absolute Gasteiger partial charge is 0.146 e. The monoisotopic (exact) mass is 230 g/mol. The molecule has 0 saturated carbocycles. The first-order valence-corrected chi connectivity index (χ1v) is 5.87. The van der Waals surface area contributed by atoms with Gasteiger partial charge in [0.1, 0.15) is 11.9 Å². The lowest BCUT2D eigenvalue weighted by Crippen LogP contribution is -2.28.